The van der Waals surface area contributed by atoms with Crippen LogP contribution >= 0.6 is 11.3 Å². The molecule has 0 radical (unpaired) electrons. The molecule has 0 fully saturated rings. The lowest BCUT2D eigenvalue weighted by Crippen LogP contribution is -2.26. The van der Waals surface area contributed by atoms with E-state index in [9.17, 15) is 5.26 Å². The fourth-order valence-electron chi connectivity index (χ4n) is 4.99. The molecule has 2 heterocycles. The number of hydrogen-bond acceptors (Lipinski definition) is 4. The predicted molar refractivity (Wildman–Crippen MR) is 142 cm³/mol. The maximum absolute atomic E-state index is 9.98. The first-order valence-corrected chi connectivity index (χ1v) is 12.5. The van der Waals surface area contributed by atoms with Crippen LogP contribution in [0.2, 0.25) is 0 Å². The second-order valence-electron chi connectivity index (χ2n) is 10.0. The number of ether oxygens (including phenoxy) is 1. The summed E-state index contributed by atoms with van der Waals surface area (Å²) in [5.74, 6) is 1.43. The lowest BCUT2D eigenvalue weighted by atomic mass is 9.72. The molecule has 0 aliphatic heterocycles. The molecule has 2 aromatic carbocycles. The van der Waals surface area contributed by atoms with Crippen molar-refractivity contribution < 1.29 is 4.74 Å². The molecule has 0 spiro atoms. The molecule has 2 aromatic heterocycles. The molecule has 0 bridgehead atoms. The molecule has 1 aliphatic carbocycles. The summed E-state index contributed by atoms with van der Waals surface area (Å²) in [6, 6.07) is 18.8. The Balaban J connectivity index is 1.61. The van der Waals surface area contributed by atoms with Gasteiger partial charge in [0.15, 0.2) is 0 Å². The molecule has 0 saturated heterocycles. The second-order valence-corrected chi connectivity index (χ2v) is 11.1. The largest absolute Gasteiger partial charge is 0.495 e. The minimum atomic E-state index is 0.269. The van der Waals surface area contributed by atoms with E-state index in [1.807, 2.05) is 36.5 Å². The quantitative estimate of drug-likeness (QED) is 0.313. The molecule has 1 aliphatic rings. The number of nitrogens with one attached hydrogen (secondary N) is 1. The van der Waals surface area contributed by atoms with Crippen LogP contribution in [0.4, 0.5) is 5.00 Å². The number of benzene rings is 2. The van der Waals surface area contributed by atoms with Gasteiger partial charge in [-0.1, -0.05) is 63.2 Å². The van der Waals surface area contributed by atoms with Crippen molar-refractivity contribution in [3.05, 3.63) is 70.1 Å². The predicted octanol–water partition coefficient (Wildman–Crippen LogP) is 7.68. The number of methoxy groups -OCH3 is 1. The van der Waals surface area contributed by atoms with Gasteiger partial charge in [-0.3, -0.25) is 0 Å². The summed E-state index contributed by atoms with van der Waals surface area (Å²) in [5, 5.41) is 11.8. The summed E-state index contributed by atoms with van der Waals surface area (Å²) < 4.78 is 5.61. The third-order valence-corrected chi connectivity index (χ3v) is 8.17. The Morgan fingerprint density at radius 2 is 1.94 bits per heavy atom. The van der Waals surface area contributed by atoms with E-state index >= 15 is 0 Å². The van der Waals surface area contributed by atoms with E-state index in [0.29, 0.717) is 5.92 Å². The first-order chi connectivity index (χ1) is 16.4. The molecule has 4 nitrogen and oxygen atoms in total. The van der Waals surface area contributed by atoms with Crippen LogP contribution in [-0.2, 0) is 12.8 Å². The number of rotatable bonds is 4. The van der Waals surface area contributed by atoms with Crippen molar-refractivity contribution in [2.24, 2.45) is 16.3 Å². The van der Waals surface area contributed by atoms with Crippen molar-refractivity contribution in [3.63, 3.8) is 0 Å². The number of nitrogens with zero attached hydrogens (tertiary/aromatic N) is 2. The number of thiophene rings is 1. The number of nitriles is 1. The average Bonchev–Trinajstić information content (AvgIpc) is 3.39. The maximum Gasteiger partial charge on any atom is 0.142 e. The number of aliphatic imine (C=N–C) groups is 1. The van der Waals surface area contributed by atoms with Gasteiger partial charge in [-0.25, -0.2) is 4.99 Å². The van der Waals surface area contributed by atoms with Gasteiger partial charge in [-0.05, 0) is 47.8 Å². The second kappa shape index (κ2) is 8.77. The highest BCUT2D eigenvalue weighted by Gasteiger charge is 2.32. The number of H-pyrrole nitrogens is 1. The molecular weight excluding hydrogens is 438 g/mol. The molecule has 34 heavy (non-hydrogen) atoms. The van der Waals surface area contributed by atoms with Crippen LogP contribution in [0.3, 0.4) is 0 Å². The average molecular weight is 468 g/mol. The third-order valence-electron chi connectivity index (χ3n) is 7.01. The van der Waals surface area contributed by atoms with Crippen LogP contribution in [0.5, 0.6) is 5.75 Å². The van der Waals surface area contributed by atoms with Crippen LogP contribution in [0.25, 0.3) is 22.2 Å². The number of aromatic nitrogens is 1. The van der Waals surface area contributed by atoms with Gasteiger partial charge in [0.2, 0.25) is 0 Å². The summed E-state index contributed by atoms with van der Waals surface area (Å²) >= 11 is 1.69. The molecule has 172 valence electrons. The summed E-state index contributed by atoms with van der Waals surface area (Å²) in [5.41, 5.74) is 6.27. The lowest BCUT2D eigenvalue weighted by Gasteiger charge is -2.33. The van der Waals surface area contributed by atoms with Gasteiger partial charge in [-0.2, -0.15) is 5.26 Å². The minimum Gasteiger partial charge on any atom is -0.495 e. The first kappa shape index (κ1) is 22.4. The van der Waals surface area contributed by atoms with Gasteiger partial charge in [0.25, 0.3) is 0 Å². The van der Waals surface area contributed by atoms with Crippen molar-refractivity contribution in [3.8, 4) is 23.1 Å². The zero-order valence-corrected chi connectivity index (χ0v) is 20.9. The summed E-state index contributed by atoms with van der Waals surface area (Å²) in [6.07, 6.45) is 5.05. The molecule has 1 N–H and O–H groups in total. The molecule has 0 unspecified atom stereocenters. The van der Waals surface area contributed by atoms with E-state index in [1.165, 1.54) is 10.4 Å². The number of aromatic amines is 1. The fraction of sp³-hybridized carbons (Fsp3) is 0.310. The van der Waals surface area contributed by atoms with Crippen LogP contribution in [0.1, 0.15) is 48.8 Å². The zero-order valence-electron chi connectivity index (χ0n) is 20.1. The normalized spacial score (nSPS) is 16.0. The van der Waals surface area contributed by atoms with E-state index in [0.717, 1.165) is 63.3 Å². The molecule has 0 saturated carbocycles. The Labute approximate surface area is 204 Å². The topological polar surface area (TPSA) is 61.2 Å². The van der Waals surface area contributed by atoms with Gasteiger partial charge in [0, 0.05) is 22.0 Å². The van der Waals surface area contributed by atoms with Gasteiger partial charge in [0.1, 0.15) is 16.8 Å². The number of fused-ring (bicyclic) bond motifs is 2. The number of hydrogen-bond donors (Lipinski definition) is 1. The summed E-state index contributed by atoms with van der Waals surface area (Å²) in [6.45, 7) is 6.95. The summed E-state index contributed by atoms with van der Waals surface area (Å²) in [7, 11) is 1.69. The smallest absolute Gasteiger partial charge is 0.142 e. The Bertz CT molecular complexity index is 1410. The van der Waals surface area contributed by atoms with Crippen LogP contribution in [-0.4, -0.2) is 18.3 Å². The Morgan fingerprint density at radius 3 is 2.65 bits per heavy atom. The monoisotopic (exact) mass is 467 g/mol. The first-order valence-electron chi connectivity index (χ1n) is 11.7. The summed E-state index contributed by atoms with van der Waals surface area (Å²) in [4.78, 5) is 9.80. The van der Waals surface area contributed by atoms with Crippen molar-refractivity contribution in [1.29, 1.82) is 5.26 Å². The van der Waals surface area contributed by atoms with E-state index in [4.69, 9.17) is 9.73 Å². The fourth-order valence-corrected chi connectivity index (χ4v) is 6.21. The highest BCUT2D eigenvalue weighted by molar-refractivity contribution is 7.16. The van der Waals surface area contributed by atoms with Crippen molar-refractivity contribution in [2.45, 2.75) is 40.0 Å². The van der Waals surface area contributed by atoms with Crippen LogP contribution < -0.4 is 4.74 Å². The molecule has 1 atom stereocenters. The molecule has 5 rings (SSSR count). The molecule has 5 heteroatoms. The Kier molecular flexibility index (Phi) is 5.79. The molecular formula is C29H29N3OS. The van der Waals surface area contributed by atoms with Crippen LogP contribution in [0.15, 0.2) is 53.5 Å². The Morgan fingerprint density at radius 1 is 1.15 bits per heavy atom. The van der Waals surface area contributed by atoms with E-state index in [1.54, 1.807) is 18.4 Å². The molecule has 4 aromatic rings. The molecule has 0 amide bonds. The lowest BCUT2D eigenvalue weighted by molar-refractivity contribution is 0.218. The van der Waals surface area contributed by atoms with Crippen molar-refractivity contribution in [2.75, 3.05) is 7.11 Å². The van der Waals surface area contributed by atoms with E-state index in [2.05, 4.69) is 50.0 Å². The highest BCUT2D eigenvalue weighted by atomic mass is 32.1. The van der Waals surface area contributed by atoms with Crippen molar-refractivity contribution in [1.82, 2.24) is 4.98 Å². The number of para-hydroxylation sites is 1. The van der Waals surface area contributed by atoms with Gasteiger partial charge < -0.3 is 9.72 Å². The maximum atomic E-state index is 9.98. The van der Waals surface area contributed by atoms with E-state index < -0.39 is 0 Å². The van der Waals surface area contributed by atoms with Crippen LogP contribution in [0, 0.1) is 22.7 Å². The minimum absolute atomic E-state index is 0.269. The third kappa shape index (κ3) is 3.93. The zero-order chi connectivity index (χ0) is 23.9. The highest BCUT2D eigenvalue weighted by Crippen LogP contribution is 2.45. The van der Waals surface area contributed by atoms with E-state index in [-0.39, 0.29) is 5.41 Å². The van der Waals surface area contributed by atoms with Gasteiger partial charge >= 0.3 is 0 Å². The van der Waals surface area contributed by atoms with Gasteiger partial charge in [-0.15, -0.1) is 11.3 Å². The van der Waals surface area contributed by atoms with Gasteiger partial charge in [0.05, 0.1) is 23.9 Å². The standard InChI is InChI=1S/C29H29N3OS/c1-29(2,3)19-13-14-20-22(16-30)28(34-25(20)15-19)31-17-23-21-11-8-12-24(33-4)27(21)32-26(23)18-9-6-5-7-10-18/h5-12,17,19,32H,13-15H2,1-4H3/t19-/m1/s1. The Hall–Kier alpha value is -3.36. The van der Waals surface area contributed by atoms with Crippen molar-refractivity contribution >= 4 is 33.5 Å². The SMILES string of the molecule is COc1cccc2c(C=Nc3sc4c(c3C#N)CC[C@@H](C(C)(C)C)C4)c(-c3ccccc3)[nH]c12.